The molecule has 3 heteroatoms. The van der Waals surface area contributed by atoms with E-state index in [0.717, 1.165) is 31.8 Å². The summed E-state index contributed by atoms with van der Waals surface area (Å²) in [6.07, 6.45) is 9.67. The van der Waals surface area contributed by atoms with E-state index >= 15 is 0 Å². The van der Waals surface area contributed by atoms with Crippen LogP contribution in [0.3, 0.4) is 0 Å². The lowest BCUT2D eigenvalue weighted by Gasteiger charge is -2.59. The summed E-state index contributed by atoms with van der Waals surface area (Å²) in [4.78, 5) is 11.8. The lowest BCUT2D eigenvalue weighted by Crippen LogP contribution is -2.54. The molecule has 5 unspecified atom stereocenters. The molecule has 0 N–H and O–H groups in total. The molecule has 5 atom stereocenters. The van der Waals surface area contributed by atoms with E-state index in [1.54, 1.807) is 0 Å². The number of fused-ring (bicyclic) bond motifs is 1. The van der Waals surface area contributed by atoms with Crippen LogP contribution in [0, 0.1) is 28.6 Å². The van der Waals surface area contributed by atoms with Gasteiger partial charge in [0.1, 0.15) is 0 Å². The van der Waals surface area contributed by atoms with Crippen LogP contribution in [0.5, 0.6) is 0 Å². The van der Waals surface area contributed by atoms with Gasteiger partial charge in [0.05, 0.1) is 24.7 Å². The topological polar surface area (TPSA) is 38.8 Å². The first-order chi connectivity index (χ1) is 10.9. The van der Waals surface area contributed by atoms with Gasteiger partial charge >= 0.3 is 5.97 Å². The van der Waals surface area contributed by atoms with Crippen molar-refractivity contribution in [3.05, 3.63) is 0 Å². The van der Waals surface area contributed by atoms with Crippen molar-refractivity contribution in [2.45, 2.75) is 77.7 Å². The SMILES string of the molecule is CC1(C)CCCC2(C)C1CCC1(CO1)C2CCC1CCOC1=O. The number of rotatable bonds is 3. The van der Waals surface area contributed by atoms with E-state index in [0.29, 0.717) is 23.4 Å². The number of hydrogen-bond acceptors (Lipinski definition) is 3. The summed E-state index contributed by atoms with van der Waals surface area (Å²) in [7, 11) is 0. The number of esters is 1. The van der Waals surface area contributed by atoms with Gasteiger partial charge in [-0.1, -0.05) is 27.2 Å². The Hall–Kier alpha value is -0.570. The highest BCUT2D eigenvalue weighted by Gasteiger charge is 2.64. The largest absolute Gasteiger partial charge is 0.465 e. The zero-order chi connectivity index (χ0) is 16.3. The van der Waals surface area contributed by atoms with Gasteiger partial charge < -0.3 is 9.47 Å². The first-order valence-corrected chi connectivity index (χ1v) is 9.68. The van der Waals surface area contributed by atoms with Crippen LogP contribution >= 0.6 is 0 Å². The maximum absolute atomic E-state index is 11.8. The molecule has 2 aliphatic carbocycles. The highest BCUT2D eigenvalue weighted by Crippen LogP contribution is 2.66. The third kappa shape index (κ3) is 2.45. The standard InChI is InChI=1S/C20H32O3/c1-18(2)9-4-10-19(3)15(18)7-11-20(13-23-20)16(19)6-5-14-8-12-22-17(14)21/h14-16H,4-13H2,1-3H3. The maximum atomic E-state index is 11.8. The van der Waals surface area contributed by atoms with E-state index in [-0.39, 0.29) is 17.5 Å². The minimum absolute atomic E-state index is 0.0391. The molecule has 0 amide bonds. The molecule has 1 spiro atoms. The zero-order valence-corrected chi connectivity index (χ0v) is 15.0. The molecule has 2 aliphatic heterocycles. The van der Waals surface area contributed by atoms with Crippen molar-refractivity contribution in [3.63, 3.8) is 0 Å². The van der Waals surface area contributed by atoms with Gasteiger partial charge in [0.25, 0.3) is 0 Å². The highest BCUT2D eigenvalue weighted by atomic mass is 16.6. The Morgan fingerprint density at radius 3 is 2.52 bits per heavy atom. The Morgan fingerprint density at radius 1 is 1.09 bits per heavy atom. The number of hydrogen-bond donors (Lipinski definition) is 0. The van der Waals surface area contributed by atoms with Crippen molar-refractivity contribution in [1.29, 1.82) is 0 Å². The molecule has 2 saturated heterocycles. The molecule has 130 valence electrons. The van der Waals surface area contributed by atoms with Gasteiger partial charge in [-0.05, 0) is 67.6 Å². The highest BCUT2D eigenvalue weighted by molar-refractivity contribution is 5.74. The fourth-order valence-corrected chi connectivity index (χ4v) is 6.67. The summed E-state index contributed by atoms with van der Waals surface area (Å²) < 4.78 is 11.2. The number of carbonyl (C=O) groups excluding carboxylic acids is 1. The van der Waals surface area contributed by atoms with Crippen LogP contribution in [0.1, 0.15) is 72.1 Å². The van der Waals surface area contributed by atoms with Crippen LogP contribution in [-0.4, -0.2) is 24.8 Å². The summed E-state index contributed by atoms with van der Waals surface area (Å²) in [5, 5.41) is 0. The minimum Gasteiger partial charge on any atom is -0.465 e. The van der Waals surface area contributed by atoms with Gasteiger partial charge in [-0.3, -0.25) is 4.79 Å². The lowest BCUT2D eigenvalue weighted by atomic mass is 9.45. The molecular formula is C20H32O3. The van der Waals surface area contributed by atoms with Crippen molar-refractivity contribution in [3.8, 4) is 0 Å². The Kier molecular flexibility index (Phi) is 3.61. The molecule has 0 radical (unpaired) electrons. The Balaban J connectivity index is 1.55. The first-order valence-electron chi connectivity index (χ1n) is 9.68. The molecule has 4 rings (SSSR count). The average molecular weight is 320 g/mol. The van der Waals surface area contributed by atoms with E-state index < -0.39 is 0 Å². The summed E-state index contributed by atoms with van der Waals surface area (Å²) in [6.45, 7) is 9.08. The lowest BCUT2D eigenvalue weighted by molar-refractivity contribution is -0.142. The molecule has 3 nitrogen and oxygen atoms in total. The van der Waals surface area contributed by atoms with Crippen molar-refractivity contribution in [2.75, 3.05) is 13.2 Å². The number of ether oxygens (including phenoxy) is 2. The Morgan fingerprint density at radius 2 is 1.87 bits per heavy atom. The van der Waals surface area contributed by atoms with Gasteiger partial charge in [-0.15, -0.1) is 0 Å². The molecule has 4 fully saturated rings. The molecule has 0 aromatic carbocycles. The van der Waals surface area contributed by atoms with E-state index in [4.69, 9.17) is 9.47 Å². The van der Waals surface area contributed by atoms with E-state index in [2.05, 4.69) is 20.8 Å². The van der Waals surface area contributed by atoms with E-state index in [1.807, 2.05) is 0 Å². The van der Waals surface area contributed by atoms with Gasteiger partial charge in [-0.2, -0.15) is 0 Å². The Labute approximate surface area is 140 Å². The van der Waals surface area contributed by atoms with Crippen molar-refractivity contribution >= 4 is 5.97 Å². The second-order valence-electron chi connectivity index (χ2n) is 9.58. The average Bonchev–Trinajstić information content (AvgIpc) is 3.12. The van der Waals surface area contributed by atoms with Crippen LogP contribution in [0.2, 0.25) is 0 Å². The summed E-state index contributed by atoms with van der Waals surface area (Å²) in [5.41, 5.74) is 0.994. The normalized spacial score (nSPS) is 48.1. The molecule has 2 heterocycles. The van der Waals surface area contributed by atoms with Gasteiger partial charge in [0.15, 0.2) is 0 Å². The zero-order valence-electron chi connectivity index (χ0n) is 15.0. The molecule has 0 aromatic rings. The fourth-order valence-electron chi connectivity index (χ4n) is 6.67. The van der Waals surface area contributed by atoms with Crippen molar-refractivity contribution < 1.29 is 14.3 Å². The van der Waals surface area contributed by atoms with Crippen LogP contribution in [0.4, 0.5) is 0 Å². The third-order valence-corrected chi connectivity index (χ3v) is 7.93. The number of epoxide rings is 1. The van der Waals surface area contributed by atoms with Crippen LogP contribution in [-0.2, 0) is 14.3 Å². The second-order valence-corrected chi connectivity index (χ2v) is 9.58. The van der Waals surface area contributed by atoms with Crippen LogP contribution in [0.15, 0.2) is 0 Å². The van der Waals surface area contributed by atoms with Crippen molar-refractivity contribution in [2.24, 2.45) is 28.6 Å². The van der Waals surface area contributed by atoms with Gasteiger partial charge in [-0.25, -0.2) is 0 Å². The van der Waals surface area contributed by atoms with Gasteiger partial charge in [0, 0.05) is 0 Å². The fraction of sp³-hybridized carbons (Fsp3) is 0.950. The van der Waals surface area contributed by atoms with Crippen molar-refractivity contribution in [1.82, 2.24) is 0 Å². The quantitative estimate of drug-likeness (QED) is 0.573. The maximum Gasteiger partial charge on any atom is 0.309 e. The molecule has 0 bridgehead atoms. The molecule has 2 saturated carbocycles. The van der Waals surface area contributed by atoms with E-state index in [9.17, 15) is 4.79 Å². The van der Waals surface area contributed by atoms with Gasteiger partial charge in [0.2, 0.25) is 0 Å². The predicted octanol–water partition coefficient (Wildman–Crippen LogP) is 4.34. The first kappa shape index (κ1) is 15.9. The molecule has 0 aromatic heterocycles. The summed E-state index contributed by atoms with van der Waals surface area (Å²) in [5.74, 6) is 1.62. The number of cyclic esters (lactones) is 1. The molecule has 4 aliphatic rings. The second kappa shape index (κ2) is 5.21. The molecule has 23 heavy (non-hydrogen) atoms. The third-order valence-electron chi connectivity index (χ3n) is 7.93. The minimum atomic E-state index is 0.0391. The number of carbonyl (C=O) groups is 1. The van der Waals surface area contributed by atoms with E-state index in [1.165, 1.54) is 32.1 Å². The predicted molar refractivity (Wildman–Crippen MR) is 88.9 cm³/mol. The monoisotopic (exact) mass is 320 g/mol. The molecular weight excluding hydrogens is 288 g/mol. The Bertz CT molecular complexity index is 493. The summed E-state index contributed by atoms with van der Waals surface area (Å²) >= 11 is 0. The smallest absolute Gasteiger partial charge is 0.309 e. The van der Waals surface area contributed by atoms with Crippen LogP contribution in [0.25, 0.3) is 0 Å². The van der Waals surface area contributed by atoms with Crippen LogP contribution < -0.4 is 0 Å². The summed E-state index contributed by atoms with van der Waals surface area (Å²) in [6, 6.07) is 0.